The molecule has 0 radical (unpaired) electrons. The average Bonchev–Trinajstić information content (AvgIpc) is 2.76. The molecule has 1 heterocycles. The molecule has 2 aromatic carbocycles. The number of halogens is 1. The highest BCUT2D eigenvalue weighted by molar-refractivity contribution is 6.32. The zero-order valence-electron chi connectivity index (χ0n) is 16.9. The second-order valence-electron chi connectivity index (χ2n) is 7.18. The summed E-state index contributed by atoms with van der Waals surface area (Å²) in [6, 6.07) is 17.5. The molecule has 0 bridgehead atoms. The van der Waals surface area contributed by atoms with Gasteiger partial charge in [-0.3, -0.25) is 9.69 Å². The minimum absolute atomic E-state index is 0.0219. The summed E-state index contributed by atoms with van der Waals surface area (Å²) in [4.78, 5) is 14.8. The molecular formula is C23H25ClN4O2. The van der Waals surface area contributed by atoms with E-state index in [1.165, 1.54) is 18.9 Å². The summed E-state index contributed by atoms with van der Waals surface area (Å²) in [7, 11) is 1.52. The van der Waals surface area contributed by atoms with Crippen LogP contribution in [0.15, 0.2) is 60.3 Å². The Labute approximate surface area is 182 Å². The predicted octanol–water partition coefficient (Wildman–Crippen LogP) is 3.95. The van der Waals surface area contributed by atoms with Gasteiger partial charge in [-0.2, -0.15) is 5.26 Å². The van der Waals surface area contributed by atoms with Crippen LogP contribution in [0.3, 0.4) is 0 Å². The molecule has 0 atom stereocenters. The number of hydrogen-bond acceptors (Lipinski definition) is 5. The average molecular weight is 425 g/mol. The first kappa shape index (κ1) is 21.7. The molecule has 2 N–H and O–H groups in total. The van der Waals surface area contributed by atoms with Gasteiger partial charge in [0.2, 0.25) is 0 Å². The summed E-state index contributed by atoms with van der Waals surface area (Å²) in [6.07, 6.45) is 3.42. The maximum atomic E-state index is 12.4. The Bertz CT molecular complexity index is 932. The Kier molecular flexibility index (Phi) is 7.72. The molecule has 2 aromatic rings. The summed E-state index contributed by atoms with van der Waals surface area (Å²) in [5.74, 6) is 0.0405. The highest BCUT2D eigenvalue weighted by atomic mass is 35.5. The monoisotopic (exact) mass is 424 g/mol. The van der Waals surface area contributed by atoms with Crippen LogP contribution in [0.5, 0.6) is 5.75 Å². The molecule has 1 saturated heterocycles. The highest BCUT2D eigenvalue weighted by Gasteiger charge is 2.19. The van der Waals surface area contributed by atoms with Crippen LogP contribution in [0, 0.1) is 11.3 Å². The number of carbonyl (C=O) groups excluding carboxylic acids is 1. The van der Waals surface area contributed by atoms with Gasteiger partial charge in [0.1, 0.15) is 17.4 Å². The van der Waals surface area contributed by atoms with Gasteiger partial charge < -0.3 is 15.4 Å². The van der Waals surface area contributed by atoms with Crippen molar-refractivity contribution in [1.29, 1.82) is 5.26 Å². The maximum absolute atomic E-state index is 12.4. The van der Waals surface area contributed by atoms with Gasteiger partial charge in [0.05, 0.1) is 12.1 Å². The second kappa shape index (κ2) is 10.7. The molecule has 1 aliphatic rings. The van der Waals surface area contributed by atoms with Crippen LogP contribution in [0.4, 0.5) is 5.69 Å². The van der Waals surface area contributed by atoms with Crippen LogP contribution in [0.2, 0.25) is 5.02 Å². The summed E-state index contributed by atoms with van der Waals surface area (Å²) in [5.41, 5.74) is 1.83. The van der Waals surface area contributed by atoms with Gasteiger partial charge >= 0.3 is 0 Å². The smallest absolute Gasteiger partial charge is 0.267 e. The Morgan fingerprint density at radius 2 is 2.00 bits per heavy atom. The third-order valence-electron chi connectivity index (χ3n) is 5.07. The quantitative estimate of drug-likeness (QED) is 0.519. The fourth-order valence-corrected chi connectivity index (χ4v) is 3.65. The first-order valence-corrected chi connectivity index (χ1v) is 10.2. The van der Waals surface area contributed by atoms with E-state index in [1.807, 2.05) is 12.1 Å². The predicted molar refractivity (Wildman–Crippen MR) is 118 cm³/mol. The van der Waals surface area contributed by atoms with Crippen molar-refractivity contribution < 1.29 is 9.53 Å². The van der Waals surface area contributed by atoms with E-state index in [9.17, 15) is 10.1 Å². The highest BCUT2D eigenvalue weighted by Crippen LogP contribution is 2.27. The van der Waals surface area contributed by atoms with Gasteiger partial charge in [0.15, 0.2) is 0 Å². The molecule has 156 valence electrons. The topological polar surface area (TPSA) is 77.4 Å². The lowest BCUT2D eigenvalue weighted by Crippen LogP contribution is -2.40. The van der Waals surface area contributed by atoms with E-state index in [-0.39, 0.29) is 11.6 Å². The zero-order chi connectivity index (χ0) is 21.3. The van der Waals surface area contributed by atoms with Crippen molar-refractivity contribution in [3.63, 3.8) is 0 Å². The number of nitrogens with zero attached hydrogens (tertiary/aromatic N) is 2. The van der Waals surface area contributed by atoms with Crippen LogP contribution in [-0.4, -0.2) is 37.0 Å². The molecular weight excluding hydrogens is 400 g/mol. The molecule has 6 nitrogen and oxygen atoms in total. The zero-order valence-corrected chi connectivity index (χ0v) is 17.7. The van der Waals surface area contributed by atoms with Gasteiger partial charge in [0, 0.05) is 37.6 Å². The molecule has 1 aliphatic heterocycles. The first-order valence-electron chi connectivity index (χ1n) is 9.86. The number of piperidine rings is 1. The molecule has 1 fully saturated rings. The Hall–Kier alpha value is -3.01. The second-order valence-corrected chi connectivity index (χ2v) is 7.58. The van der Waals surface area contributed by atoms with E-state index in [4.69, 9.17) is 16.3 Å². The lowest BCUT2D eigenvalue weighted by atomic mass is 10.0. The molecule has 0 aliphatic carbocycles. The van der Waals surface area contributed by atoms with Gasteiger partial charge in [0.25, 0.3) is 5.91 Å². The Morgan fingerprint density at radius 1 is 1.27 bits per heavy atom. The van der Waals surface area contributed by atoms with Gasteiger partial charge in [-0.05, 0) is 36.6 Å². The number of nitriles is 1. The van der Waals surface area contributed by atoms with E-state index in [0.29, 0.717) is 16.5 Å². The number of anilines is 1. The summed E-state index contributed by atoms with van der Waals surface area (Å²) in [6.45, 7) is 2.89. The SMILES string of the molecule is COc1ccc(NC(=O)/C(C#N)=C\NC2CCN(Cc3ccccc3)CC2)cc1Cl. The van der Waals surface area contributed by atoms with Gasteiger partial charge in [-0.15, -0.1) is 0 Å². The number of carbonyl (C=O) groups is 1. The number of ether oxygens (including phenoxy) is 1. The van der Waals surface area contributed by atoms with E-state index < -0.39 is 5.91 Å². The Morgan fingerprint density at radius 3 is 2.63 bits per heavy atom. The van der Waals surface area contributed by atoms with Crippen molar-refractivity contribution in [3.05, 3.63) is 70.9 Å². The third-order valence-corrected chi connectivity index (χ3v) is 5.37. The van der Waals surface area contributed by atoms with Crippen LogP contribution in [0.1, 0.15) is 18.4 Å². The van der Waals surface area contributed by atoms with E-state index in [2.05, 4.69) is 39.8 Å². The lowest BCUT2D eigenvalue weighted by molar-refractivity contribution is -0.112. The summed E-state index contributed by atoms with van der Waals surface area (Å²) < 4.78 is 5.10. The van der Waals surface area contributed by atoms with Crippen LogP contribution < -0.4 is 15.4 Å². The molecule has 1 amide bonds. The van der Waals surface area contributed by atoms with E-state index in [1.54, 1.807) is 18.2 Å². The minimum atomic E-state index is -0.479. The summed E-state index contributed by atoms with van der Waals surface area (Å²) >= 11 is 6.08. The molecule has 7 heteroatoms. The first-order chi connectivity index (χ1) is 14.6. The van der Waals surface area contributed by atoms with Crippen molar-refractivity contribution in [1.82, 2.24) is 10.2 Å². The molecule has 3 rings (SSSR count). The van der Waals surface area contributed by atoms with Gasteiger partial charge in [-0.1, -0.05) is 41.9 Å². The number of nitrogens with one attached hydrogen (secondary N) is 2. The standard InChI is InChI=1S/C23H25ClN4O2/c1-30-22-8-7-20(13-21(22)24)27-23(29)18(14-25)15-26-19-9-11-28(12-10-19)16-17-5-3-2-4-6-17/h2-8,13,15,19,26H,9-12,16H2,1H3,(H,27,29)/b18-15-. The number of amides is 1. The van der Waals surface area contributed by atoms with Crippen LogP contribution >= 0.6 is 11.6 Å². The molecule has 0 unspecified atom stereocenters. The van der Waals surface area contributed by atoms with E-state index >= 15 is 0 Å². The van der Waals surface area contributed by atoms with Crippen LogP contribution in [0.25, 0.3) is 0 Å². The maximum Gasteiger partial charge on any atom is 0.267 e. The molecule has 0 spiro atoms. The molecule has 0 aromatic heterocycles. The molecule has 30 heavy (non-hydrogen) atoms. The lowest BCUT2D eigenvalue weighted by Gasteiger charge is -2.32. The Balaban J connectivity index is 1.50. The third kappa shape index (κ3) is 5.99. The molecule has 0 saturated carbocycles. The summed E-state index contributed by atoms with van der Waals surface area (Å²) in [5, 5.41) is 15.7. The minimum Gasteiger partial charge on any atom is -0.495 e. The van der Waals surface area contributed by atoms with Crippen molar-refractivity contribution >= 4 is 23.2 Å². The van der Waals surface area contributed by atoms with Gasteiger partial charge in [-0.25, -0.2) is 0 Å². The van der Waals surface area contributed by atoms with Crippen molar-refractivity contribution in [3.8, 4) is 11.8 Å². The van der Waals surface area contributed by atoms with Crippen molar-refractivity contribution in [2.45, 2.75) is 25.4 Å². The number of hydrogen-bond donors (Lipinski definition) is 2. The van der Waals surface area contributed by atoms with E-state index in [0.717, 1.165) is 32.5 Å². The number of benzene rings is 2. The number of likely N-dealkylation sites (tertiary alicyclic amines) is 1. The van der Waals surface area contributed by atoms with Crippen molar-refractivity contribution in [2.24, 2.45) is 0 Å². The largest absolute Gasteiger partial charge is 0.495 e. The number of rotatable bonds is 7. The van der Waals surface area contributed by atoms with Crippen molar-refractivity contribution in [2.75, 3.05) is 25.5 Å². The van der Waals surface area contributed by atoms with Crippen LogP contribution in [-0.2, 0) is 11.3 Å². The fourth-order valence-electron chi connectivity index (χ4n) is 3.39. The normalized spacial score (nSPS) is 15.3. The fraction of sp³-hybridized carbons (Fsp3) is 0.304. The number of methoxy groups -OCH3 is 1.